The number of carbonyl (C=O) groups is 1. The monoisotopic (exact) mass is 392 g/mol. The molecule has 0 saturated heterocycles. The van der Waals surface area contributed by atoms with Crippen molar-refractivity contribution in [1.29, 1.82) is 0 Å². The van der Waals surface area contributed by atoms with E-state index in [-0.39, 0.29) is 16.5 Å². The SMILES string of the molecule is O=C(Cn1nnc(-c2ccccc2)n1)NNS(=O)(=O)c1ccccc1Cl. The highest BCUT2D eigenvalue weighted by Gasteiger charge is 2.18. The van der Waals surface area contributed by atoms with Crippen LogP contribution in [0.15, 0.2) is 59.5 Å². The number of nitrogens with zero attached hydrogens (tertiary/aromatic N) is 4. The van der Waals surface area contributed by atoms with Crippen molar-refractivity contribution in [3.05, 3.63) is 59.6 Å². The smallest absolute Gasteiger partial charge is 0.258 e. The Hall–Kier alpha value is -2.82. The number of amides is 1. The third kappa shape index (κ3) is 4.23. The second-order valence-corrected chi connectivity index (χ2v) is 7.15. The average molecular weight is 393 g/mol. The van der Waals surface area contributed by atoms with Gasteiger partial charge in [0.25, 0.3) is 15.9 Å². The van der Waals surface area contributed by atoms with Gasteiger partial charge in [0.15, 0.2) is 0 Å². The highest BCUT2D eigenvalue weighted by molar-refractivity contribution is 7.89. The van der Waals surface area contributed by atoms with Crippen LogP contribution in [-0.4, -0.2) is 34.5 Å². The second-order valence-electron chi connectivity index (χ2n) is 5.09. The zero-order chi connectivity index (χ0) is 18.6. The van der Waals surface area contributed by atoms with Crippen LogP contribution in [0.1, 0.15) is 0 Å². The van der Waals surface area contributed by atoms with Crippen molar-refractivity contribution >= 4 is 27.5 Å². The van der Waals surface area contributed by atoms with Gasteiger partial charge >= 0.3 is 0 Å². The maximum atomic E-state index is 12.1. The number of sulfonamides is 1. The first-order valence-electron chi connectivity index (χ1n) is 7.34. The van der Waals surface area contributed by atoms with E-state index in [1.807, 2.05) is 23.0 Å². The van der Waals surface area contributed by atoms with Gasteiger partial charge in [-0.3, -0.25) is 10.2 Å². The Bertz CT molecular complexity index is 1020. The van der Waals surface area contributed by atoms with Gasteiger partial charge in [-0.1, -0.05) is 54.1 Å². The lowest BCUT2D eigenvalue weighted by molar-refractivity contribution is -0.122. The van der Waals surface area contributed by atoms with Crippen LogP contribution in [0, 0.1) is 0 Å². The van der Waals surface area contributed by atoms with Gasteiger partial charge in [0, 0.05) is 5.56 Å². The Morgan fingerprint density at radius 1 is 1.08 bits per heavy atom. The number of hydrazine groups is 1. The number of tetrazole rings is 1. The first-order valence-corrected chi connectivity index (χ1v) is 9.20. The molecule has 0 unspecified atom stereocenters. The van der Waals surface area contributed by atoms with Crippen molar-refractivity contribution in [3.63, 3.8) is 0 Å². The molecule has 26 heavy (non-hydrogen) atoms. The minimum absolute atomic E-state index is 0.0414. The van der Waals surface area contributed by atoms with E-state index in [1.54, 1.807) is 18.2 Å². The van der Waals surface area contributed by atoms with Gasteiger partial charge in [-0.2, -0.15) is 4.80 Å². The number of rotatable bonds is 6. The molecule has 0 aliphatic heterocycles. The molecular weight excluding hydrogens is 380 g/mol. The van der Waals surface area contributed by atoms with Crippen LogP contribution in [0.5, 0.6) is 0 Å². The van der Waals surface area contributed by atoms with Crippen molar-refractivity contribution in [3.8, 4) is 11.4 Å². The van der Waals surface area contributed by atoms with Crippen LogP contribution >= 0.6 is 11.6 Å². The molecule has 2 aromatic carbocycles. The molecule has 0 fully saturated rings. The number of hydrogen-bond donors (Lipinski definition) is 2. The maximum absolute atomic E-state index is 12.1. The van der Waals surface area contributed by atoms with E-state index in [1.165, 1.54) is 18.2 Å². The second kappa shape index (κ2) is 7.60. The van der Waals surface area contributed by atoms with Gasteiger partial charge in [-0.25, -0.2) is 8.42 Å². The Morgan fingerprint density at radius 2 is 1.77 bits per heavy atom. The largest absolute Gasteiger partial charge is 0.276 e. The van der Waals surface area contributed by atoms with Gasteiger partial charge in [0.05, 0.1) is 5.02 Å². The van der Waals surface area contributed by atoms with Crippen LogP contribution in [0.4, 0.5) is 0 Å². The molecule has 1 heterocycles. The molecule has 3 rings (SSSR count). The summed E-state index contributed by atoms with van der Waals surface area (Å²) in [6.07, 6.45) is 0. The first-order chi connectivity index (χ1) is 12.5. The molecular formula is C15H13ClN6O3S. The molecule has 0 bridgehead atoms. The lowest BCUT2D eigenvalue weighted by Crippen LogP contribution is -2.43. The van der Waals surface area contributed by atoms with Crippen LogP contribution < -0.4 is 10.3 Å². The van der Waals surface area contributed by atoms with Crippen LogP contribution in [0.25, 0.3) is 11.4 Å². The Balaban J connectivity index is 1.61. The summed E-state index contributed by atoms with van der Waals surface area (Å²) < 4.78 is 24.3. The molecule has 0 aliphatic rings. The molecule has 0 radical (unpaired) electrons. The topological polar surface area (TPSA) is 119 Å². The lowest BCUT2D eigenvalue weighted by Gasteiger charge is -2.09. The van der Waals surface area contributed by atoms with Gasteiger partial charge < -0.3 is 0 Å². The van der Waals surface area contributed by atoms with Gasteiger partial charge in [0.1, 0.15) is 11.4 Å². The molecule has 11 heteroatoms. The number of nitrogens with one attached hydrogen (secondary N) is 2. The highest BCUT2D eigenvalue weighted by Crippen LogP contribution is 2.19. The molecule has 0 spiro atoms. The van der Waals surface area contributed by atoms with Gasteiger partial charge in [-0.05, 0) is 17.3 Å². The number of carbonyl (C=O) groups excluding carboxylic acids is 1. The summed E-state index contributed by atoms with van der Waals surface area (Å²) in [7, 11) is -4.00. The fraction of sp³-hybridized carbons (Fsp3) is 0.0667. The molecule has 2 N–H and O–H groups in total. The van der Waals surface area contributed by atoms with E-state index < -0.39 is 15.9 Å². The molecule has 0 atom stereocenters. The van der Waals surface area contributed by atoms with Crippen molar-refractivity contribution < 1.29 is 13.2 Å². The number of aromatic nitrogens is 4. The summed E-state index contributed by atoms with van der Waals surface area (Å²) in [5.74, 6) is -0.312. The lowest BCUT2D eigenvalue weighted by atomic mass is 10.2. The van der Waals surface area contributed by atoms with E-state index in [0.717, 1.165) is 10.4 Å². The predicted octanol–water partition coefficient (Wildman–Crippen LogP) is 1.00. The Kier molecular flexibility index (Phi) is 5.26. The average Bonchev–Trinajstić information content (AvgIpc) is 3.09. The van der Waals surface area contributed by atoms with Gasteiger partial charge in [-0.15, -0.1) is 15.0 Å². The fourth-order valence-electron chi connectivity index (χ4n) is 2.02. The molecule has 0 aliphatic carbocycles. The van der Waals surface area contributed by atoms with E-state index in [9.17, 15) is 13.2 Å². The highest BCUT2D eigenvalue weighted by atomic mass is 35.5. The number of halogens is 1. The fourth-order valence-corrected chi connectivity index (χ4v) is 3.40. The molecule has 1 aromatic heterocycles. The molecule has 134 valence electrons. The molecule has 9 nitrogen and oxygen atoms in total. The van der Waals surface area contributed by atoms with Crippen LogP contribution in [0.2, 0.25) is 5.02 Å². The minimum atomic E-state index is -4.00. The first kappa shape index (κ1) is 18.0. The summed E-state index contributed by atoms with van der Waals surface area (Å²) in [5, 5.41) is 11.7. The summed E-state index contributed by atoms with van der Waals surface area (Å²) in [5.41, 5.74) is 2.83. The summed E-state index contributed by atoms with van der Waals surface area (Å²) in [6.45, 7) is -0.315. The van der Waals surface area contributed by atoms with E-state index in [0.29, 0.717) is 5.82 Å². The van der Waals surface area contributed by atoms with Crippen molar-refractivity contribution in [2.45, 2.75) is 11.4 Å². The van der Waals surface area contributed by atoms with E-state index >= 15 is 0 Å². The minimum Gasteiger partial charge on any atom is -0.276 e. The van der Waals surface area contributed by atoms with Crippen LogP contribution in [0.3, 0.4) is 0 Å². The van der Waals surface area contributed by atoms with Gasteiger partial charge in [0.2, 0.25) is 5.82 Å². The third-order valence-electron chi connectivity index (χ3n) is 3.22. The van der Waals surface area contributed by atoms with E-state index in [4.69, 9.17) is 11.6 Å². The predicted molar refractivity (Wildman–Crippen MR) is 93.2 cm³/mol. The molecule has 0 saturated carbocycles. The summed E-state index contributed by atoms with van der Waals surface area (Å²) in [6, 6.07) is 15.0. The number of benzene rings is 2. The van der Waals surface area contributed by atoms with Crippen LogP contribution in [-0.2, 0) is 21.4 Å². The number of hydrogen-bond acceptors (Lipinski definition) is 6. The van der Waals surface area contributed by atoms with E-state index in [2.05, 4.69) is 20.8 Å². The third-order valence-corrected chi connectivity index (χ3v) is 4.97. The molecule has 1 amide bonds. The zero-order valence-corrected chi connectivity index (χ0v) is 14.8. The van der Waals surface area contributed by atoms with Crippen molar-refractivity contribution in [1.82, 2.24) is 30.5 Å². The standard InChI is InChI=1S/C15H13ClN6O3S/c16-12-8-4-5-9-13(12)26(24,25)21-17-14(23)10-22-19-15(18-20-22)11-6-2-1-3-7-11/h1-9,21H,10H2,(H,17,23). The quantitative estimate of drug-likeness (QED) is 0.604. The molecule has 3 aromatic rings. The Labute approximate surface area is 154 Å². The van der Waals surface area contributed by atoms with Crippen molar-refractivity contribution in [2.75, 3.05) is 0 Å². The maximum Gasteiger partial charge on any atom is 0.258 e. The zero-order valence-electron chi connectivity index (χ0n) is 13.2. The van der Waals surface area contributed by atoms with Crippen molar-refractivity contribution in [2.24, 2.45) is 0 Å². The summed E-state index contributed by atoms with van der Waals surface area (Å²) >= 11 is 5.85. The summed E-state index contributed by atoms with van der Waals surface area (Å²) in [4.78, 5) is 14.8. The Morgan fingerprint density at radius 3 is 2.50 bits per heavy atom. The normalized spacial score (nSPS) is 11.3.